The molecule has 0 saturated carbocycles. The molecule has 0 saturated heterocycles. The lowest BCUT2D eigenvalue weighted by molar-refractivity contribution is -0.118. The maximum Gasteiger partial charge on any atom is 0.230 e. The molecule has 1 amide bonds. The van der Waals surface area contributed by atoms with Gasteiger partial charge in [0, 0.05) is 11.3 Å². The number of aryl methyl sites for hydroxylation is 1. The van der Waals surface area contributed by atoms with E-state index in [9.17, 15) is 13.2 Å². The molecule has 4 rings (SSSR count). The number of rotatable bonds is 8. The Morgan fingerprint density at radius 3 is 2.45 bits per heavy atom. The molecule has 0 atom stereocenters. The minimum atomic E-state index is -3.56. The Kier molecular flexibility index (Phi) is 7.17. The number of hydrogen-bond donors (Lipinski definition) is 0. The molecule has 0 N–H and O–H groups in total. The number of benzene rings is 3. The Balaban J connectivity index is 1.60. The van der Waals surface area contributed by atoms with Crippen molar-refractivity contribution in [3.63, 3.8) is 0 Å². The second-order valence-corrected chi connectivity index (χ2v) is 11.7. The van der Waals surface area contributed by atoms with Crippen molar-refractivity contribution in [2.75, 3.05) is 16.9 Å². The summed E-state index contributed by atoms with van der Waals surface area (Å²) in [4.78, 5) is 21.0. The van der Waals surface area contributed by atoms with Gasteiger partial charge < -0.3 is 0 Å². The van der Waals surface area contributed by atoms with Crippen LogP contribution in [0.25, 0.3) is 10.2 Å². The van der Waals surface area contributed by atoms with E-state index in [1.807, 2.05) is 55.6 Å². The first kappa shape index (κ1) is 23.5. The summed E-state index contributed by atoms with van der Waals surface area (Å²) in [5.74, 6) is -0.513. The molecule has 33 heavy (non-hydrogen) atoms. The SMILES string of the molecule is CSc1ccc2nc(N(Cc3ccccc3)C(=O)CCS(=O)(=O)c3ccc(C)cc3)sc2c1. The summed E-state index contributed by atoms with van der Waals surface area (Å²) < 4.78 is 26.6. The van der Waals surface area contributed by atoms with Gasteiger partial charge in [-0.3, -0.25) is 9.69 Å². The van der Waals surface area contributed by atoms with Crippen LogP contribution in [-0.2, 0) is 21.2 Å². The molecule has 0 fully saturated rings. The number of hydrogen-bond acceptors (Lipinski definition) is 6. The number of anilines is 1. The van der Waals surface area contributed by atoms with Gasteiger partial charge in [0.15, 0.2) is 15.0 Å². The van der Waals surface area contributed by atoms with E-state index in [0.29, 0.717) is 11.7 Å². The Labute approximate surface area is 202 Å². The molecule has 5 nitrogen and oxygen atoms in total. The number of thioether (sulfide) groups is 1. The Morgan fingerprint density at radius 1 is 1.03 bits per heavy atom. The molecule has 1 heterocycles. The van der Waals surface area contributed by atoms with Crippen LogP contribution in [0.1, 0.15) is 17.5 Å². The first-order valence-corrected chi connectivity index (χ1v) is 14.1. The molecule has 3 aromatic carbocycles. The van der Waals surface area contributed by atoms with Crippen molar-refractivity contribution in [1.82, 2.24) is 4.98 Å². The summed E-state index contributed by atoms with van der Waals surface area (Å²) in [6.07, 6.45) is 1.90. The van der Waals surface area contributed by atoms with Crippen LogP contribution in [0.3, 0.4) is 0 Å². The van der Waals surface area contributed by atoms with Crippen molar-refractivity contribution < 1.29 is 13.2 Å². The Morgan fingerprint density at radius 2 is 1.76 bits per heavy atom. The van der Waals surface area contributed by atoms with Crippen LogP contribution < -0.4 is 4.90 Å². The summed E-state index contributed by atoms with van der Waals surface area (Å²) in [6, 6.07) is 22.4. The maximum atomic E-state index is 13.3. The summed E-state index contributed by atoms with van der Waals surface area (Å²) in [6.45, 7) is 2.24. The molecule has 0 unspecified atom stereocenters. The van der Waals surface area contributed by atoms with Gasteiger partial charge in [0.05, 0.1) is 27.4 Å². The van der Waals surface area contributed by atoms with Crippen LogP contribution in [-0.4, -0.2) is 31.3 Å². The smallest absolute Gasteiger partial charge is 0.230 e. The number of thiazole rings is 1. The average molecular weight is 497 g/mol. The van der Waals surface area contributed by atoms with Gasteiger partial charge in [-0.15, -0.1) is 11.8 Å². The van der Waals surface area contributed by atoms with E-state index >= 15 is 0 Å². The fourth-order valence-electron chi connectivity index (χ4n) is 3.38. The third-order valence-electron chi connectivity index (χ3n) is 5.26. The highest BCUT2D eigenvalue weighted by Gasteiger charge is 2.23. The molecule has 0 radical (unpaired) electrons. The molecule has 0 bridgehead atoms. The largest absolute Gasteiger partial charge is 0.284 e. The van der Waals surface area contributed by atoms with Crippen molar-refractivity contribution in [1.29, 1.82) is 0 Å². The molecule has 8 heteroatoms. The van der Waals surface area contributed by atoms with Crippen LogP contribution >= 0.6 is 23.1 Å². The van der Waals surface area contributed by atoms with E-state index in [1.165, 1.54) is 11.3 Å². The zero-order valence-electron chi connectivity index (χ0n) is 18.4. The molecule has 0 aliphatic heterocycles. The van der Waals surface area contributed by atoms with E-state index in [-0.39, 0.29) is 23.0 Å². The van der Waals surface area contributed by atoms with E-state index in [4.69, 9.17) is 0 Å². The second kappa shape index (κ2) is 10.1. The lowest BCUT2D eigenvalue weighted by atomic mass is 10.2. The monoisotopic (exact) mass is 496 g/mol. The van der Waals surface area contributed by atoms with E-state index in [2.05, 4.69) is 11.1 Å². The highest BCUT2D eigenvalue weighted by atomic mass is 32.2. The lowest BCUT2D eigenvalue weighted by Gasteiger charge is -2.20. The summed E-state index contributed by atoms with van der Waals surface area (Å²) in [5, 5.41) is 0.574. The van der Waals surface area contributed by atoms with Gasteiger partial charge in [-0.2, -0.15) is 0 Å². The molecule has 0 aliphatic carbocycles. The van der Waals surface area contributed by atoms with Crippen molar-refractivity contribution in [2.45, 2.75) is 29.7 Å². The molecule has 0 aliphatic rings. The first-order chi connectivity index (χ1) is 15.9. The molecule has 0 spiro atoms. The van der Waals surface area contributed by atoms with Gasteiger partial charge in [-0.1, -0.05) is 59.4 Å². The molecular weight excluding hydrogens is 472 g/mol. The van der Waals surface area contributed by atoms with Gasteiger partial charge in [0.25, 0.3) is 0 Å². The number of amides is 1. The third kappa shape index (κ3) is 5.63. The second-order valence-electron chi connectivity index (χ2n) is 7.68. The van der Waals surface area contributed by atoms with Gasteiger partial charge in [-0.25, -0.2) is 13.4 Å². The quantitative estimate of drug-likeness (QED) is 0.292. The van der Waals surface area contributed by atoms with E-state index < -0.39 is 9.84 Å². The van der Waals surface area contributed by atoms with Crippen LogP contribution in [0.15, 0.2) is 82.6 Å². The highest BCUT2D eigenvalue weighted by molar-refractivity contribution is 7.98. The Hall–Kier alpha value is -2.68. The van der Waals surface area contributed by atoms with Crippen LogP contribution in [0.2, 0.25) is 0 Å². The van der Waals surface area contributed by atoms with Gasteiger partial charge in [-0.05, 0) is 49.1 Å². The number of nitrogens with zero attached hydrogens (tertiary/aromatic N) is 2. The first-order valence-electron chi connectivity index (χ1n) is 10.4. The van der Waals surface area contributed by atoms with E-state index in [0.717, 1.165) is 26.2 Å². The normalized spacial score (nSPS) is 11.6. The third-order valence-corrected chi connectivity index (χ3v) is 8.76. The predicted octanol–water partition coefficient (Wildman–Crippen LogP) is 5.72. The summed E-state index contributed by atoms with van der Waals surface area (Å²) in [7, 11) is -3.56. The fourth-order valence-corrected chi connectivity index (χ4v) is 6.15. The number of aromatic nitrogens is 1. The van der Waals surface area contributed by atoms with Crippen molar-refractivity contribution >= 4 is 54.2 Å². The van der Waals surface area contributed by atoms with Gasteiger partial charge in [0.2, 0.25) is 5.91 Å². The van der Waals surface area contributed by atoms with Crippen molar-refractivity contribution in [2.24, 2.45) is 0 Å². The number of carbonyl (C=O) groups excluding carboxylic acids is 1. The highest BCUT2D eigenvalue weighted by Crippen LogP contribution is 2.32. The zero-order valence-corrected chi connectivity index (χ0v) is 20.8. The average Bonchev–Trinajstić information content (AvgIpc) is 3.25. The zero-order chi connectivity index (χ0) is 23.4. The molecular formula is C25H24N2O3S3. The minimum Gasteiger partial charge on any atom is -0.284 e. The molecule has 1 aromatic heterocycles. The summed E-state index contributed by atoms with van der Waals surface area (Å²) in [5.41, 5.74) is 2.77. The maximum absolute atomic E-state index is 13.3. The van der Waals surface area contributed by atoms with Crippen molar-refractivity contribution in [3.8, 4) is 0 Å². The molecule has 170 valence electrons. The molecule has 4 aromatic rings. The number of sulfone groups is 1. The topological polar surface area (TPSA) is 67.3 Å². The Bertz CT molecular complexity index is 1370. The summed E-state index contributed by atoms with van der Waals surface area (Å²) >= 11 is 3.10. The van der Waals surface area contributed by atoms with Crippen LogP contribution in [0, 0.1) is 6.92 Å². The minimum absolute atomic E-state index is 0.116. The van der Waals surface area contributed by atoms with E-state index in [1.54, 1.807) is 40.9 Å². The fraction of sp³-hybridized carbons (Fsp3) is 0.200. The van der Waals surface area contributed by atoms with Crippen molar-refractivity contribution in [3.05, 3.63) is 83.9 Å². The van der Waals surface area contributed by atoms with Gasteiger partial charge in [0.1, 0.15) is 0 Å². The standard InChI is InChI=1S/C25H24N2O3S3/c1-18-8-11-21(12-9-18)33(29,30)15-14-24(28)27(17-19-6-4-3-5-7-19)25-26-22-13-10-20(31-2)16-23(22)32-25/h3-13,16H,14-15,17H2,1-2H3. The van der Waals surface area contributed by atoms with Gasteiger partial charge >= 0.3 is 0 Å². The predicted molar refractivity (Wildman–Crippen MR) is 137 cm³/mol. The number of carbonyl (C=O) groups is 1. The van der Waals surface area contributed by atoms with Crippen LogP contribution in [0.4, 0.5) is 5.13 Å². The number of fused-ring (bicyclic) bond motifs is 1. The van der Waals surface area contributed by atoms with Crippen LogP contribution in [0.5, 0.6) is 0 Å². The lowest BCUT2D eigenvalue weighted by Crippen LogP contribution is -2.31.